The molecule has 0 bridgehead atoms. The number of thiol groups is 1. The first-order valence-electron chi connectivity index (χ1n) is 5.55. The fraction of sp³-hybridized carbons (Fsp3) is 0.538. The molecule has 78 valence electrons. The molecule has 1 rings (SSSR count). The van der Waals surface area contributed by atoms with Gasteiger partial charge in [-0.3, -0.25) is 0 Å². The normalized spacial score (nSPS) is 10.4. The van der Waals surface area contributed by atoms with E-state index in [1.54, 1.807) is 0 Å². The van der Waals surface area contributed by atoms with Crippen LogP contribution >= 0.6 is 12.6 Å². The van der Waals surface area contributed by atoms with Crippen LogP contribution in [0.25, 0.3) is 0 Å². The summed E-state index contributed by atoms with van der Waals surface area (Å²) < 4.78 is 0. The van der Waals surface area contributed by atoms with Gasteiger partial charge in [-0.1, -0.05) is 50.5 Å². The van der Waals surface area contributed by atoms with Gasteiger partial charge in [0.05, 0.1) is 0 Å². The van der Waals surface area contributed by atoms with E-state index in [-0.39, 0.29) is 0 Å². The minimum atomic E-state index is 0.843. The van der Waals surface area contributed by atoms with Crippen LogP contribution in [-0.2, 0) is 12.2 Å². The molecule has 0 aliphatic rings. The Morgan fingerprint density at radius 1 is 0.929 bits per heavy atom. The Bertz CT molecular complexity index is 238. The number of benzene rings is 1. The fourth-order valence-corrected chi connectivity index (χ4v) is 1.78. The number of hydrogen-bond acceptors (Lipinski definition) is 1. The van der Waals surface area contributed by atoms with Crippen LogP contribution in [0, 0.1) is 0 Å². The Kier molecular flexibility index (Phi) is 5.77. The average molecular weight is 208 g/mol. The van der Waals surface area contributed by atoms with E-state index >= 15 is 0 Å². The molecule has 0 aliphatic carbocycles. The topological polar surface area (TPSA) is 0 Å². The fourth-order valence-electron chi connectivity index (χ4n) is 1.57. The Morgan fingerprint density at radius 2 is 1.57 bits per heavy atom. The van der Waals surface area contributed by atoms with Crippen LogP contribution in [0.15, 0.2) is 24.3 Å². The summed E-state index contributed by atoms with van der Waals surface area (Å²) in [5.41, 5.74) is 2.78. The van der Waals surface area contributed by atoms with Gasteiger partial charge in [0, 0.05) is 5.75 Å². The molecule has 0 aliphatic heterocycles. The highest BCUT2D eigenvalue weighted by Gasteiger charge is 1.93. The molecular weight excluding hydrogens is 188 g/mol. The highest BCUT2D eigenvalue weighted by Crippen LogP contribution is 2.10. The van der Waals surface area contributed by atoms with Gasteiger partial charge >= 0.3 is 0 Å². The zero-order chi connectivity index (χ0) is 10.2. The summed E-state index contributed by atoms with van der Waals surface area (Å²) in [4.78, 5) is 0. The van der Waals surface area contributed by atoms with Gasteiger partial charge in [0.15, 0.2) is 0 Å². The molecule has 0 saturated heterocycles. The minimum absolute atomic E-state index is 0.843. The Hall–Kier alpha value is -0.430. The first-order chi connectivity index (χ1) is 6.86. The van der Waals surface area contributed by atoms with E-state index in [1.807, 2.05) is 0 Å². The molecule has 0 amide bonds. The Labute approximate surface area is 93.1 Å². The lowest BCUT2D eigenvalue weighted by molar-refractivity contribution is 0.667. The summed E-state index contributed by atoms with van der Waals surface area (Å²) in [6.45, 7) is 2.25. The van der Waals surface area contributed by atoms with Gasteiger partial charge < -0.3 is 0 Å². The Balaban J connectivity index is 2.29. The van der Waals surface area contributed by atoms with Crippen LogP contribution in [0.4, 0.5) is 0 Å². The average Bonchev–Trinajstić information content (AvgIpc) is 2.25. The van der Waals surface area contributed by atoms with Crippen LogP contribution in [0.3, 0.4) is 0 Å². The highest BCUT2D eigenvalue weighted by molar-refractivity contribution is 7.79. The van der Waals surface area contributed by atoms with Crippen molar-refractivity contribution in [3.63, 3.8) is 0 Å². The second-order valence-electron chi connectivity index (χ2n) is 3.79. The van der Waals surface area contributed by atoms with Crippen molar-refractivity contribution in [2.45, 2.75) is 44.8 Å². The third-order valence-electron chi connectivity index (χ3n) is 2.52. The van der Waals surface area contributed by atoms with E-state index in [2.05, 4.69) is 43.8 Å². The molecule has 0 spiro atoms. The lowest BCUT2D eigenvalue weighted by Gasteiger charge is -2.02. The van der Waals surface area contributed by atoms with Crippen molar-refractivity contribution in [3.8, 4) is 0 Å². The van der Waals surface area contributed by atoms with E-state index in [0.29, 0.717) is 0 Å². The van der Waals surface area contributed by atoms with E-state index in [9.17, 15) is 0 Å². The molecule has 0 fully saturated rings. The predicted molar refractivity (Wildman–Crippen MR) is 67.0 cm³/mol. The summed E-state index contributed by atoms with van der Waals surface area (Å²) in [6, 6.07) is 8.83. The molecule has 0 heterocycles. The van der Waals surface area contributed by atoms with Crippen LogP contribution in [0.1, 0.15) is 43.7 Å². The third-order valence-corrected chi connectivity index (χ3v) is 2.89. The van der Waals surface area contributed by atoms with Gasteiger partial charge in [-0.25, -0.2) is 0 Å². The summed E-state index contributed by atoms with van der Waals surface area (Å²) in [6.07, 6.45) is 6.61. The van der Waals surface area contributed by atoms with Crippen LogP contribution in [0.2, 0.25) is 0 Å². The summed E-state index contributed by atoms with van der Waals surface area (Å²) >= 11 is 4.24. The molecule has 0 saturated carbocycles. The molecule has 0 nitrogen and oxygen atoms in total. The molecule has 0 atom stereocenters. The van der Waals surface area contributed by atoms with Crippen molar-refractivity contribution in [1.29, 1.82) is 0 Å². The number of rotatable bonds is 6. The monoisotopic (exact) mass is 208 g/mol. The maximum Gasteiger partial charge on any atom is 0.0154 e. The molecule has 0 aromatic heterocycles. The van der Waals surface area contributed by atoms with E-state index in [4.69, 9.17) is 0 Å². The van der Waals surface area contributed by atoms with Crippen molar-refractivity contribution in [3.05, 3.63) is 35.4 Å². The molecule has 0 N–H and O–H groups in total. The zero-order valence-electron chi connectivity index (χ0n) is 9.00. The lowest BCUT2D eigenvalue weighted by atomic mass is 10.1. The van der Waals surface area contributed by atoms with Crippen LogP contribution < -0.4 is 0 Å². The molecule has 1 heteroatoms. The highest BCUT2D eigenvalue weighted by atomic mass is 32.1. The number of aryl methyl sites for hydroxylation is 1. The van der Waals surface area contributed by atoms with Crippen molar-refractivity contribution < 1.29 is 0 Å². The van der Waals surface area contributed by atoms with Crippen molar-refractivity contribution in [1.82, 2.24) is 0 Å². The summed E-state index contributed by atoms with van der Waals surface area (Å²) in [5, 5.41) is 0. The van der Waals surface area contributed by atoms with Gasteiger partial charge in [-0.05, 0) is 24.0 Å². The zero-order valence-corrected chi connectivity index (χ0v) is 9.89. The molecule has 0 unspecified atom stereocenters. The molecular formula is C13H20S. The van der Waals surface area contributed by atoms with Crippen molar-refractivity contribution in [2.75, 3.05) is 0 Å². The number of unbranched alkanes of at least 4 members (excludes halogenated alkanes) is 3. The standard InChI is InChI=1S/C13H20S/c1-2-3-4-5-6-12-7-9-13(11-14)10-8-12/h7-10,14H,2-6,11H2,1H3. The van der Waals surface area contributed by atoms with Crippen LogP contribution in [-0.4, -0.2) is 0 Å². The second kappa shape index (κ2) is 6.94. The summed E-state index contributed by atoms with van der Waals surface area (Å²) in [5.74, 6) is 0.843. The second-order valence-corrected chi connectivity index (χ2v) is 4.10. The lowest BCUT2D eigenvalue weighted by Crippen LogP contribution is -1.86. The predicted octanol–water partition coefficient (Wildman–Crippen LogP) is 4.24. The molecule has 0 radical (unpaired) electrons. The molecule has 1 aromatic rings. The smallest absolute Gasteiger partial charge is 0.0154 e. The maximum absolute atomic E-state index is 4.24. The quantitative estimate of drug-likeness (QED) is 0.524. The van der Waals surface area contributed by atoms with Crippen LogP contribution in [0.5, 0.6) is 0 Å². The first kappa shape index (κ1) is 11.6. The third kappa shape index (κ3) is 4.19. The van der Waals surface area contributed by atoms with E-state index < -0.39 is 0 Å². The van der Waals surface area contributed by atoms with Gasteiger partial charge in [0.1, 0.15) is 0 Å². The first-order valence-corrected chi connectivity index (χ1v) is 6.18. The molecule has 1 aromatic carbocycles. The van der Waals surface area contributed by atoms with Gasteiger partial charge in [0.2, 0.25) is 0 Å². The van der Waals surface area contributed by atoms with E-state index in [1.165, 1.54) is 43.2 Å². The maximum atomic E-state index is 4.24. The van der Waals surface area contributed by atoms with E-state index in [0.717, 1.165) is 5.75 Å². The van der Waals surface area contributed by atoms with Crippen molar-refractivity contribution in [2.24, 2.45) is 0 Å². The van der Waals surface area contributed by atoms with Gasteiger partial charge in [0.25, 0.3) is 0 Å². The Morgan fingerprint density at radius 3 is 2.14 bits per heavy atom. The summed E-state index contributed by atoms with van der Waals surface area (Å²) in [7, 11) is 0. The SMILES string of the molecule is CCCCCCc1ccc(CS)cc1. The number of hydrogen-bond donors (Lipinski definition) is 1. The van der Waals surface area contributed by atoms with Gasteiger partial charge in [-0.2, -0.15) is 12.6 Å². The minimum Gasteiger partial charge on any atom is -0.175 e. The van der Waals surface area contributed by atoms with Crippen molar-refractivity contribution >= 4 is 12.6 Å². The molecule has 14 heavy (non-hydrogen) atoms. The largest absolute Gasteiger partial charge is 0.175 e. The van der Waals surface area contributed by atoms with Gasteiger partial charge in [-0.15, -0.1) is 0 Å².